The number of nitrogens with one attached hydrogen (secondary N) is 2. The summed E-state index contributed by atoms with van der Waals surface area (Å²) in [5.41, 5.74) is 1.75. The van der Waals surface area contributed by atoms with Gasteiger partial charge in [-0.25, -0.2) is 0 Å². The molecule has 2 amide bonds. The second-order valence-corrected chi connectivity index (χ2v) is 10.7. The molecular formula is C24H29ClN2O5S. The molecule has 1 aliphatic heterocycles. The number of aliphatic carboxylic acids is 1. The molecule has 2 aliphatic carbocycles. The van der Waals surface area contributed by atoms with E-state index in [0.717, 1.165) is 10.8 Å². The first-order valence-electron chi connectivity index (χ1n) is 11.5. The van der Waals surface area contributed by atoms with E-state index in [-0.39, 0.29) is 29.1 Å². The van der Waals surface area contributed by atoms with Gasteiger partial charge in [0.25, 0.3) is 5.91 Å². The Bertz CT molecular complexity index is 923. The van der Waals surface area contributed by atoms with Crippen LogP contribution in [0.4, 0.5) is 0 Å². The molecule has 1 atom stereocenters. The molecule has 0 spiro atoms. The minimum Gasteiger partial charge on any atom is -0.490 e. The normalized spacial score (nSPS) is 24.9. The third-order valence-corrected chi connectivity index (χ3v) is 8.06. The number of ether oxygens (including phenoxy) is 1. The highest BCUT2D eigenvalue weighted by Gasteiger charge is 2.37. The maximum absolute atomic E-state index is 12.4. The van der Waals surface area contributed by atoms with Crippen LogP contribution in [0.25, 0.3) is 0 Å². The smallest absolute Gasteiger partial charge is 0.306 e. The quantitative estimate of drug-likeness (QED) is 0.451. The number of carbonyl (C=O) groups is 3. The van der Waals surface area contributed by atoms with E-state index in [4.69, 9.17) is 21.4 Å². The molecule has 3 aliphatic rings. The molecule has 3 N–H and O–H groups in total. The minimum absolute atomic E-state index is 0.00681. The molecule has 9 heteroatoms. The number of hydrogen-bond donors (Lipinski definition) is 3. The Morgan fingerprint density at radius 3 is 2.30 bits per heavy atom. The highest BCUT2D eigenvalue weighted by atomic mass is 35.5. The number of benzene rings is 1. The monoisotopic (exact) mass is 492 g/mol. The number of carboxylic acid groups (broad SMARTS) is 1. The number of carbonyl (C=O) groups excluding carboxylic acids is 2. The molecule has 0 aromatic heterocycles. The summed E-state index contributed by atoms with van der Waals surface area (Å²) in [6.45, 7) is 0.696. The molecule has 178 valence electrons. The van der Waals surface area contributed by atoms with E-state index in [0.29, 0.717) is 56.0 Å². The summed E-state index contributed by atoms with van der Waals surface area (Å²) in [6, 6.07) is 6.92. The summed E-state index contributed by atoms with van der Waals surface area (Å²) in [4.78, 5) is 35.8. The van der Waals surface area contributed by atoms with Gasteiger partial charge in [-0.1, -0.05) is 11.6 Å². The molecule has 1 unspecified atom stereocenters. The number of halogens is 1. The predicted molar refractivity (Wildman–Crippen MR) is 127 cm³/mol. The summed E-state index contributed by atoms with van der Waals surface area (Å²) in [5, 5.41) is 14.6. The van der Waals surface area contributed by atoms with Crippen molar-refractivity contribution in [2.24, 2.45) is 11.8 Å². The average molecular weight is 493 g/mol. The second-order valence-electron chi connectivity index (χ2n) is 8.88. The van der Waals surface area contributed by atoms with Crippen LogP contribution < -0.4 is 15.4 Å². The number of allylic oxidation sites excluding steroid dienone is 1. The van der Waals surface area contributed by atoms with Crippen LogP contribution in [0.5, 0.6) is 5.75 Å². The van der Waals surface area contributed by atoms with Crippen LogP contribution in [-0.4, -0.2) is 47.3 Å². The van der Waals surface area contributed by atoms with E-state index >= 15 is 0 Å². The number of amides is 2. The third-order valence-electron chi connectivity index (χ3n) is 6.42. The molecule has 0 bridgehead atoms. The van der Waals surface area contributed by atoms with Crippen molar-refractivity contribution >= 4 is 41.1 Å². The van der Waals surface area contributed by atoms with E-state index in [1.165, 1.54) is 30.2 Å². The summed E-state index contributed by atoms with van der Waals surface area (Å²) < 4.78 is 6.72. The fraction of sp³-hybridized carbons (Fsp3) is 0.542. The standard InChI is InChI=1S/C24H29ClN2O5S/c25-21-19(14-1-2-14)13-20(33-21)23(29)27-12-11-26-22(28)15-3-7-17(8-4-15)32-18-9-5-16(6-10-18)24(30)31/h3-4,7-8,14,16,18,20H,1-2,5-6,9-13H2,(H,26,28)(H,27,29)(H,30,31). The van der Waals surface area contributed by atoms with Gasteiger partial charge in [-0.2, -0.15) is 0 Å². The third kappa shape index (κ3) is 6.44. The SMILES string of the molecule is O=C(NCCNC(=O)C1CC(C2CC2)=C(Cl)S1)c1ccc(OC2CCC(C(=O)O)CC2)cc1. The summed E-state index contributed by atoms with van der Waals surface area (Å²) in [5.74, 6) is -0.0109. The van der Waals surface area contributed by atoms with Gasteiger partial charge >= 0.3 is 5.97 Å². The van der Waals surface area contributed by atoms with E-state index in [9.17, 15) is 14.4 Å². The fourth-order valence-corrected chi connectivity index (χ4v) is 5.97. The van der Waals surface area contributed by atoms with Crippen molar-refractivity contribution in [2.75, 3.05) is 13.1 Å². The van der Waals surface area contributed by atoms with E-state index < -0.39 is 5.97 Å². The Hall–Kier alpha value is -2.19. The second kappa shape index (κ2) is 10.8. The molecule has 1 aromatic carbocycles. The van der Waals surface area contributed by atoms with Gasteiger partial charge in [-0.05, 0) is 80.7 Å². The van der Waals surface area contributed by atoms with E-state index in [2.05, 4.69) is 10.6 Å². The first-order valence-corrected chi connectivity index (χ1v) is 12.8. The van der Waals surface area contributed by atoms with Crippen LogP contribution in [0, 0.1) is 11.8 Å². The van der Waals surface area contributed by atoms with Crippen molar-refractivity contribution < 1.29 is 24.2 Å². The average Bonchev–Trinajstić information content (AvgIpc) is 3.58. The van der Waals surface area contributed by atoms with Crippen molar-refractivity contribution in [1.29, 1.82) is 0 Å². The summed E-state index contributed by atoms with van der Waals surface area (Å²) in [6.07, 6.45) is 5.77. The van der Waals surface area contributed by atoms with Crippen molar-refractivity contribution in [3.63, 3.8) is 0 Å². The Balaban J connectivity index is 1.14. The van der Waals surface area contributed by atoms with Gasteiger partial charge in [-0.15, -0.1) is 11.8 Å². The highest BCUT2D eigenvalue weighted by molar-refractivity contribution is 8.06. The molecule has 1 heterocycles. The van der Waals surface area contributed by atoms with Crippen LogP contribution in [0.1, 0.15) is 55.3 Å². The van der Waals surface area contributed by atoms with Gasteiger partial charge in [0.2, 0.25) is 5.91 Å². The molecule has 1 aromatic rings. The molecule has 33 heavy (non-hydrogen) atoms. The number of rotatable bonds is 9. The number of thioether (sulfide) groups is 1. The van der Waals surface area contributed by atoms with Gasteiger partial charge < -0.3 is 20.5 Å². The molecule has 2 saturated carbocycles. The van der Waals surface area contributed by atoms with Gasteiger partial charge in [0.15, 0.2) is 0 Å². The number of carboxylic acids is 1. The molecule has 2 fully saturated rings. The first-order chi connectivity index (χ1) is 15.9. The molecule has 0 saturated heterocycles. The van der Waals surface area contributed by atoms with Crippen LogP contribution in [-0.2, 0) is 9.59 Å². The topological polar surface area (TPSA) is 105 Å². The lowest BCUT2D eigenvalue weighted by molar-refractivity contribution is -0.143. The van der Waals surface area contributed by atoms with Crippen LogP contribution in [0.2, 0.25) is 0 Å². The van der Waals surface area contributed by atoms with Crippen LogP contribution >= 0.6 is 23.4 Å². The Labute approximate surface area is 202 Å². The molecular weight excluding hydrogens is 464 g/mol. The lowest BCUT2D eigenvalue weighted by Crippen LogP contribution is -2.38. The Morgan fingerprint density at radius 1 is 1.00 bits per heavy atom. The number of hydrogen-bond acceptors (Lipinski definition) is 5. The van der Waals surface area contributed by atoms with Crippen molar-refractivity contribution in [1.82, 2.24) is 10.6 Å². The lowest BCUT2D eigenvalue weighted by atomic mass is 9.87. The Kier molecular flexibility index (Phi) is 7.86. The molecule has 0 radical (unpaired) electrons. The maximum Gasteiger partial charge on any atom is 0.306 e. The van der Waals surface area contributed by atoms with E-state index in [1.54, 1.807) is 24.3 Å². The largest absolute Gasteiger partial charge is 0.490 e. The van der Waals surface area contributed by atoms with Gasteiger partial charge in [-0.3, -0.25) is 14.4 Å². The van der Waals surface area contributed by atoms with Crippen molar-refractivity contribution in [3.8, 4) is 5.75 Å². The minimum atomic E-state index is -0.732. The highest BCUT2D eigenvalue weighted by Crippen LogP contribution is 2.50. The molecule has 4 rings (SSSR count). The zero-order valence-corrected chi connectivity index (χ0v) is 19.9. The summed E-state index contributed by atoms with van der Waals surface area (Å²) in [7, 11) is 0. The first kappa shape index (κ1) is 24.0. The zero-order valence-electron chi connectivity index (χ0n) is 18.3. The summed E-state index contributed by atoms with van der Waals surface area (Å²) >= 11 is 7.71. The van der Waals surface area contributed by atoms with Crippen LogP contribution in [0.15, 0.2) is 34.2 Å². The Morgan fingerprint density at radius 2 is 1.67 bits per heavy atom. The van der Waals surface area contributed by atoms with Gasteiger partial charge in [0.1, 0.15) is 5.75 Å². The van der Waals surface area contributed by atoms with E-state index in [1.807, 2.05) is 0 Å². The van der Waals surface area contributed by atoms with Crippen molar-refractivity contribution in [3.05, 3.63) is 39.8 Å². The van der Waals surface area contributed by atoms with Crippen molar-refractivity contribution in [2.45, 2.75) is 56.3 Å². The lowest BCUT2D eigenvalue weighted by Gasteiger charge is -2.26. The fourth-order valence-electron chi connectivity index (χ4n) is 4.31. The zero-order chi connectivity index (χ0) is 23.4. The predicted octanol–water partition coefficient (Wildman–Crippen LogP) is 3.92. The maximum atomic E-state index is 12.4. The molecule has 7 nitrogen and oxygen atoms in total. The van der Waals surface area contributed by atoms with Gasteiger partial charge in [0.05, 0.1) is 21.6 Å². The van der Waals surface area contributed by atoms with Gasteiger partial charge in [0, 0.05) is 18.7 Å². The van der Waals surface area contributed by atoms with Crippen LogP contribution in [0.3, 0.4) is 0 Å².